The standard InChI is InChI=1S/C15H12ClFO2/c16-13-5-1-3-11(7-13)9-19-10-15(18)12-4-2-6-14(17)8-12/h1-8H,9-10H2. The van der Waals surface area contributed by atoms with E-state index in [9.17, 15) is 9.18 Å². The topological polar surface area (TPSA) is 26.3 Å². The number of hydrogen-bond acceptors (Lipinski definition) is 2. The summed E-state index contributed by atoms with van der Waals surface area (Å²) < 4.78 is 18.3. The van der Waals surface area contributed by atoms with E-state index in [-0.39, 0.29) is 12.4 Å². The van der Waals surface area contributed by atoms with E-state index in [0.717, 1.165) is 5.56 Å². The van der Waals surface area contributed by atoms with Gasteiger partial charge in [0, 0.05) is 10.6 Å². The number of rotatable bonds is 5. The molecule has 2 aromatic carbocycles. The van der Waals surface area contributed by atoms with Gasteiger partial charge in [-0.05, 0) is 29.8 Å². The maximum absolute atomic E-state index is 13.0. The van der Waals surface area contributed by atoms with Crippen LogP contribution < -0.4 is 0 Å². The lowest BCUT2D eigenvalue weighted by molar-refractivity contribution is 0.0726. The largest absolute Gasteiger partial charge is 0.369 e. The Morgan fingerprint density at radius 3 is 2.68 bits per heavy atom. The molecule has 0 saturated carbocycles. The second-order valence-corrected chi connectivity index (χ2v) is 4.49. The molecule has 0 aliphatic carbocycles. The number of hydrogen-bond donors (Lipinski definition) is 0. The van der Waals surface area contributed by atoms with Gasteiger partial charge in [0.1, 0.15) is 12.4 Å². The summed E-state index contributed by atoms with van der Waals surface area (Å²) in [5.41, 5.74) is 1.20. The minimum atomic E-state index is -0.430. The monoisotopic (exact) mass is 278 g/mol. The molecule has 0 heterocycles. The molecular weight excluding hydrogens is 267 g/mol. The summed E-state index contributed by atoms with van der Waals surface area (Å²) in [7, 11) is 0. The number of Topliss-reactive ketones (excluding diaryl/α,β-unsaturated/α-hetero) is 1. The maximum atomic E-state index is 13.0. The number of benzene rings is 2. The fourth-order valence-corrected chi connectivity index (χ4v) is 1.85. The summed E-state index contributed by atoms with van der Waals surface area (Å²) in [6, 6.07) is 12.8. The Hall–Kier alpha value is -1.71. The molecule has 0 aliphatic rings. The van der Waals surface area contributed by atoms with Crippen molar-refractivity contribution in [3.05, 3.63) is 70.5 Å². The minimum Gasteiger partial charge on any atom is -0.369 e. The lowest BCUT2D eigenvalue weighted by Gasteiger charge is -2.04. The molecule has 0 unspecified atom stereocenters. The van der Waals surface area contributed by atoms with Gasteiger partial charge in [-0.3, -0.25) is 4.79 Å². The SMILES string of the molecule is O=C(COCc1cccc(Cl)c1)c1cccc(F)c1. The second kappa shape index (κ2) is 6.45. The third-order valence-electron chi connectivity index (χ3n) is 2.54. The van der Waals surface area contributed by atoms with Crippen molar-refractivity contribution in [2.75, 3.05) is 6.61 Å². The van der Waals surface area contributed by atoms with Crippen molar-refractivity contribution in [3.63, 3.8) is 0 Å². The third-order valence-corrected chi connectivity index (χ3v) is 2.77. The van der Waals surface area contributed by atoms with Crippen molar-refractivity contribution in [1.29, 1.82) is 0 Å². The summed E-state index contributed by atoms with van der Waals surface area (Å²) in [6.07, 6.45) is 0. The van der Waals surface area contributed by atoms with Gasteiger partial charge in [0.05, 0.1) is 6.61 Å². The first-order valence-corrected chi connectivity index (χ1v) is 6.14. The first kappa shape index (κ1) is 13.7. The van der Waals surface area contributed by atoms with Crippen LogP contribution in [-0.2, 0) is 11.3 Å². The molecule has 19 heavy (non-hydrogen) atoms. The van der Waals surface area contributed by atoms with Gasteiger partial charge < -0.3 is 4.74 Å². The number of ether oxygens (including phenoxy) is 1. The van der Waals surface area contributed by atoms with Crippen LogP contribution in [0.4, 0.5) is 4.39 Å². The summed E-state index contributed by atoms with van der Waals surface area (Å²) in [5.74, 6) is -0.679. The number of halogens is 2. The maximum Gasteiger partial charge on any atom is 0.188 e. The van der Waals surface area contributed by atoms with E-state index in [1.165, 1.54) is 18.2 Å². The van der Waals surface area contributed by atoms with Gasteiger partial charge in [0.25, 0.3) is 0 Å². The summed E-state index contributed by atoms with van der Waals surface area (Å²) in [4.78, 5) is 11.7. The molecule has 0 aliphatic heterocycles. The first-order valence-electron chi connectivity index (χ1n) is 5.76. The molecule has 0 spiro atoms. The Bertz CT molecular complexity index is 584. The lowest BCUT2D eigenvalue weighted by Crippen LogP contribution is -2.09. The summed E-state index contributed by atoms with van der Waals surface area (Å²) >= 11 is 5.84. The molecule has 0 aromatic heterocycles. The fraction of sp³-hybridized carbons (Fsp3) is 0.133. The second-order valence-electron chi connectivity index (χ2n) is 4.06. The van der Waals surface area contributed by atoms with Gasteiger partial charge >= 0.3 is 0 Å². The van der Waals surface area contributed by atoms with Crippen molar-refractivity contribution >= 4 is 17.4 Å². The van der Waals surface area contributed by atoms with E-state index in [1.54, 1.807) is 18.2 Å². The van der Waals surface area contributed by atoms with Gasteiger partial charge in [-0.2, -0.15) is 0 Å². The van der Waals surface area contributed by atoms with Crippen LogP contribution in [-0.4, -0.2) is 12.4 Å². The van der Waals surface area contributed by atoms with Crippen LogP contribution in [0.15, 0.2) is 48.5 Å². The smallest absolute Gasteiger partial charge is 0.188 e. The zero-order valence-electron chi connectivity index (χ0n) is 10.1. The van der Waals surface area contributed by atoms with Crippen LogP contribution in [0.2, 0.25) is 5.02 Å². The van der Waals surface area contributed by atoms with Crippen LogP contribution in [0, 0.1) is 5.82 Å². The molecule has 2 nitrogen and oxygen atoms in total. The Balaban J connectivity index is 1.87. The van der Waals surface area contributed by atoms with Crippen LogP contribution in [0.5, 0.6) is 0 Å². The third kappa shape index (κ3) is 4.16. The van der Waals surface area contributed by atoms with Crippen molar-refractivity contribution in [2.24, 2.45) is 0 Å². The fourth-order valence-electron chi connectivity index (χ4n) is 1.63. The number of ketones is 1. The van der Waals surface area contributed by atoms with Crippen molar-refractivity contribution in [2.45, 2.75) is 6.61 Å². The zero-order chi connectivity index (χ0) is 13.7. The predicted molar refractivity (Wildman–Crippen MR) is 71.8 cm³/mol. The summed E-state index contributed by atoms with van der Waals surface area (Å²) in [5, 5.41) is 0.623. The Labute approximate surface area is 115 Å². The van der Waals surface area contributed by atoms with Crippen LogP contribution in [0.1, 0.15) is 15.9 Å². The molecule has 98 valence electrons. The Kier molecular flexibility index (Phi) is 4.66. The molecule has 2 rings (SSSR count). The summed E-state index contributed by atoms with van der Waals surface area (Å²) in [6.45, 7) is 0.206. The van der Waals surface area contributed by atoms with Gasteiger partial charge in [-0.25, -0.2) is 4.39 Å². The van der Waals surface area contributed by atoms with E-state index in [1.807, 2.05) is 12.1 Å². The average molecular weight is 279 g/mol. The highest BCUT2D eigenvalue weighted by Gasteiger charge is 2.07. The Morgan fingerprint density at radius 1 is 1.16 bits per heavy atom. The highest BCUT2D eigenvalue weighted by atomic mass is 35.5. The molecular formula is C15H12ClFO2. The van der Waals surface area contributed by atoms with Gasteiger partial charge in [0.15, 0.2) is 5.78 Å². The zero-order valence-corrected chi connectivity index (χ0v) is 10.9. The van der Waals surface area contributed by atoms with Crippen molar-refractivity contribution in [1.82, 2.24) is 0 Å². The van der Waals surface area contributed by atoms with E-state index in [0.29, 0.717) is 17.2 Å². The van der Waals surface area contributed by atoms with Gasteiger partial charge in [-0.1, -0.05) is 35.9 Å². The highest BCUT2D eigenvalue weighted by molar-refractivity contribution is 6.30. The first-order chi connectivity index (χ1) is 9.15. The normalized spacial score (nSPS) is 10.4. The molecule has 0 atom stereocenters. The minimum absolute atomic E-state index is 0.0873. The molecule has 0 bridgehead atoms. The van der Waals surface area contributed by atoms with E-state index in [4.69, 9.17) is 16.3 Å². The molecule has 0 N–H and O–H groups in total. The van der Waals surface area contributed by atoms with E-state index >= 15 is 0 Å². The average Bonchev–Trinajstić information content (AvgIpc) is 2.38. The lowest BCUT2D eigenvalue weighted by atomic mass is 10.1. The molecule has 0 fully saturated rings. The molecule has 0 saturated heterocycles. The Morgan fingerprint density at radius 2 is 1.95 bits per heavy atom. The van der Waals surface area contributed by atoms with E-state index in [2.05, 4.69) is 0 Å². The molecule has 4 heteroatoms. The molecule has 0 radical (unpaired) electrons. The quantitative estimate of drug-likeness (QED) is 0.776. The van der Waals surface area contributed by atoms with Crippen LogP contribution >= 0.6 is 11.6 Å². The number of carbonyl (C=O) groups is 1. The highest BCUT2D eigenvalue weighted by Crippen LogP contribution is 2.12. The van der Waals surface area contributed by atoms with Crippen molar-refractivity contribution in [3.8, 4) is 0 Å². The van der Waals surface area contributed by atoms with E-state index < -0.39 is 5.82 Å². The predicted octanol–water partition coefficient (Wildman–Crippen LogP) is 3.88. The molecule has 0 amide bonds. The van der Waals surface area contributed by atoms with Crippen molar-refractivity contribution < 1.29 is 13.9 Å². The van der Waals surface area contributed by atoms with Gasteiger partial charge in [-0.15, -0.1) is 0 Å². The number of carbonyl (C=O) groups excluding carboxylic acids is 1. The van der Waals surface area contributed by atoms with Gasteiger partial charge in [0.2, 0.25) is 0 Å². The van der Waals surface area contributed by atoms with Crippen LogP contribution in [0.25, 0.3) is 0 Å². The van der Waals surface area contributed by atoms with Crippen LogP contribution in [0.3, 0.4) is 0 Å². The molecule has 2 aromatic rings.